The summed E-state index contributed by atoms with van der Waals surface area (Å²) in [6, 6.07) is 7.53. The number of rotatable bonds is 6. The van der Waals surface area contributed by atoms with Gasteiger partial charge in [0.05, 0.1) is 13.1 Å². The lowest BCUT2D eigenvalue weighted by atomic mass is 10.1. The van der Waals surface area contributed by atoms with Gasteiger partial charge in [0, 0.05) is 24.6 Å². The first-order valence-electron chi connectivity index (χ1n) is 6.00. The fourth-order valence-corrected chi connectivity index (χ4v) is 1.95. The minimum absolute atomic E-state index is 0.00645. The Balaban J connectivity index is 2.56. The van der Waals surface area contributed by atoms with Crippen LogP contribution >= 0.6 is 11.8 Å². The Morgan fingerprint density at radius 3 is 2.11 bits per heavy atom. The molecule has 104 valence electrons. The maximum Gasteiger partial charge on any atom is 0.236 e. The molecule has 5 heteroatoms. The van der Waals surface area contributed by atoms with Gasteiger partial charge in [0.2, 0.25) is 5.91 Å². The van der Waals surface area contributed by atoms with Crippen LogP contribution in [0.2, 0.25) is 0 Å². The van der Waals surface area contributed by atoms with Gasteiger partial charge in [0.1, 0.15) is 0 Å². The molecular weight excluding hydrogens is 260 g/mol. The molecule has 0 N–H and O–H groups in total. The molecular formula is C14H20N2O2S. The van der Waals surface area contributed by atoms with E-state index in [9.17, 15) is 9.59 Å². The number of carbonyl (C=O) groups excluding carboxylic acids is 2. The third-order valence-corrected chi connectivity index (χ3v) is 3.47. The monoisotopic (exact) mass is 280 g/mol. The van der Waals surface area contributed by atoms with Crippen LogP contribution in [0.1, 0.15) is 10.4 Å². The maximum atomic E-state index is 12.0. The summed E-state index contributed by atoms with van der Waals surface area (Å²) >= 11 is 1.64. The highest BCUT2D eigenvalue weighted by Gasteiger charge is 2.13. The van der Waals surface area contributed by atoms with E-state index in [-0.39, 0.29) is 24.8 Å². The smallest absolute Gasteiger partial charge is 0.236 e. The Labute approximate surface area is 118 Å². The van der Waals surface area contributed by atoms with E-state index in [4.69, 9.17) is 0 Å². The molecule has 4 nitrogen and oxygen atoms in total. The number of carbonyl (C=O) groups is 2. The van der Waals surface area contributed by atoms with Gasteiger partial charge in [-0.15, -0.1) is 11.8 Å². The van der Waals surface area contributed by atoms with Crippen molar-refractivity contribution in [2.75, 3.05) is 40.5 Å². The number of hydrogen-bond donors (Lipinski definition) is 0. The van der Waals surface area contributed by atoms with Crippen LogP contribution in [0.4, 0.5) is 0 Å². The van der Waals surface area contributed by atoms with E-state index in [1.54, 1.807) is 37.8 Å². The highest BCUT2D eigenvalue weighted by molar-refractivity contribution is 7.98. The zero-order chi connectivity index (χ0) is 14.4. The highest BCUT2D eigenvalue weighted by Crippen LogP contribution is 2.15. The van der Waals surface area contributed by atoms with Crippen molar-refractivity contribution < 1.29 is 9.59 Å². The van der Waals surface area contributed by atoms with Crippen molar-refractivity contribution in [2.45, 2.75) is 4.90 Å². The van der Waals surface area contributed by atoms with Crippen LogP contribution in [0.15, 0.2) is 29.2 Å². The van der Waals surface area contributed by atoms with Crippen LogP contribution < -0.4 is 0 Å². The quantitative estimate of drug-likeness (QED) is 0.586. The molecule has 0 aliphatic heterocycles. The minimum atomic E-state index is -0.00645. The molecule has 0 aliphatic rings. The Hall–Kier alpha value is -1.33. The van der Waals surface area contributed by atoms with Crippen LogP contribution in [0.3, 0.4) is 0 Å². The fourth-order valence-electron chi connectivity index (χ4n) is 1.54. The SMILES string of the molecule is CSc1ccc(C(=O)CN(C)CC(=O)N(C)C)cc1. The van der Waals surface area contributed by atoms with Gasteiger partial charge in [-0.2, -0.15) is 0 Å². The van der Waals surface area contributed by atoms with Gasteiger partial charge >= 0.3 is 0 Å². The molecule has 0 saturated carbocycles. The van der Waals surface area contributed by atoms with Gasteiger partial charge in [-0.05, 0) is 25.4 Å². The van der Waals surface area contributed by atoms with E-state index >= 15 is 0 Å². The molecule has 0 unspecified atom stereocenters. The number of Topliss-reactive ketones (excluding diaryl/α,β-unsaturated/α-hetero) is 1. The molecule has 0 radical (unpaired) electrons. The van der Waals surface area contributed by atoms with E-state index < -0.39 is 0 Å². The van der Waals surface area contributed by atoms with Crippen molar-refractivity contribution in [2.24, 2.45) is 0 Å². The number of thioether (sulfide) groups is 1. The summed E-state index contributed by atoms with van der Waals surface area (Å²) in [5.41, 5.74) is 0.682. The Morgan fingerprint density at radius 1 is 1.05 bits per heavy atom. The molecule has 1 amide bonds. The molecule has 0 saturated heterocycles. The van der Waals surface area contributed by atoms with Crippen molar-refractivity contribution in [3.8, 4) is 0 Å². The summed E-state index contributed by atoms with van der Waals surface area (Å²) in [6.45, 7) is 0.500. The predicted octanol–water partition coefficient (Wildman–Crippen LogP) is 1.61. The zero-order valence-electron chi connectivity index (χ0n) is 11.8. The lowest BCUT2D eigenvalue weighted by Crippen LogP contribution is -2.36. The third kappa shape index (κ3) is 5.04. The first kappa shape index (κ1) is 15.7. The maximum absolute atomic E-state index is 12.0. The highest BCUT2D eigenvalue weighted by atomic mass is 32.2. The van der Waals surface area contributed by atoms with Gasteiger partial charge < -0.3 is 4.90 Å². The van der Waals surface area contributed by atoms with Crippen molar-refractivity contribution in [3.63, 3.8) is 0 Å². The second-order valence-corrected chi connectivity index (χ2v) is 5.49. The van der Waals surface area contributed by atoms with Crippen LogP contribution in [-0.2, 0) is 4.79 Å². The van der Waals surface area contributed by atoms with E-state index in [1.165, 1.54) is 4.90 Å². The van der Waals surface area contributed by atoms with E-state index in [2.05, 4.69) is 0 Å². The molecule has 19 heavy (non-hydrogen) atoms. The Morgan fingerprint density at radius 2 is 1.63 bits per heavy atom. The number of hydrogen-bond acceptors (Lipinski definition) is 4. The Kier molecular flexibility index (Phi) is 6.05. The minimum Gasteiger partial charge on any atom is -0.348 e. The van der Waals surface area contributed by atoms with Gasteiger partial charge in [0.25, 0.3) is 0 Å². The van der Waals surface area contributed by atoms with Crippen molar-refractivity contribution in [3.05, 3.63) is 29.8 Å². The molecule has 0 aliphatic carbocycles. The summed E-state index contributed by atoms with van der Waals surface area (Å²) in [4.78, 5) is 27.9. The van der Waals surface area contributed by atoms with Gasteiger partial charge in [-0.1, -0.05) is 12.1 Å². The topological polar surface area (TPSA) is 40.6 Å². The molecule has 1 aromatic carbocycles. The lowest BCUT2D eigenvalue weighted by Gasteiger charge is -2.18. The molecule has 0 heterocycles. The molecule has 1 aromatic rings. The third-order valence-electron chi connectivity index (χ3n) is 2.73. The normalized spacial score (nSPS) is 10.6. The average Bonchev–Trinajstić information content (AvgIpc) is 2.38. The molecule has 1 rings (SSSR count). The first-order valence-corrected chi connectivity index (χ1v) is 7.22. The Bertz CT molecular complexity index is 443. The van der Waals surface area contributed by atoms with Crippen LogP contribution in [0.5, 0.6) is 0 Å². The summed E-state index contributed by atoms with van der Waals surface area (Å²) in [7, 11) is 5.19. The van der Waals surface area contributed by atoms with Crippen LogP contribution in [0.25, 0.3) is 0 Å². The van der Waals surface area contributed by atoms with Gasteiger partial charge in [-0.25, -0.2) is 0 Å². The molecule has 0 atom stereocenters. The molecule has 0 bridgehead atoms. The number of nitrogens with zero attached hydrogens (tertiary/aromatic N) is 2. The number of ketones is 1. The summed E-state index contributed by atoms with van der Waals surface area (Å²) in [5, 5.41) is 0. The first-order chi connectivity index (χ1) is 8.93. The summed E-state index contributed by atoms with van der Waals surface area (Å²) < 4.78 is 0. The van der Waals surface area contributed by atoms with Gasteiger partial charge in [0.15, 0.2) is 5.78 Å². The summed E-state index contributed by atoms with van der Waals surface area (Å²) in [6.07, 6.45) is 2.00. The van der Waals surface area contributed by atoms with Crippen molar-refractivity contribution >= 4 is 23.5 Å². The number of likely N-dealkylation sites (N-methyl/N-ethyl adjacent to an activating group) is 2. The van der Waals surface area contributed by atoms with Crippen molar-refractivity contribution in [1.82, 2.24) is 9.80 Å². The van der Waals surface area contributed by atoms with E-state index in [0.29, 0.717) is 5.56 Å². The zero-order valence-corrected chi connectivity index (χ0v) is 12.7. The second-order valence-electron chi connectivity index (χ2n) is 4.61. The lowest BCUT2D eigenvalue weighted by molar-refractivity contribution is -0.129. The number of benzene rings is 1. The van der Waals surface area contributed by atoms with Crippen LogP contribution in [0, 0.1) is 0 Å². The number of amides is 1. The standard InChI is InChI=1S/C14H20N2O2S/c1-15(2)14(18)10-16(3)9-13(17)11-5-7-12(19-4)8-6-11/h5-8H,9-10H2,1-4H3. The fraction of sp³-hybridized carbons (Fsp3) is 0.429. The van der Waals surface area contributed by atoms with E-state index in [1.807, 2.05) is 30.5 Å². The average molecular weight is 280 g/mol. The predicted molar refractivity (Wildman–Crippen MR) is 78.7 cm³/mol. The largest absolute Gasteiger partial charge is 0.348 e. The van der Waals surface area contributed by atoms with Crippen molar-refractivity contribution in [1.29, 1.82) is 0 Å². The molecule has 0 spiro atoms. The molecule has 0 fully saturated rings. The summed E-state index contributed by atoms with van der Waals surface area (Å²) in [5.74, 6) is 0.0229. The van der Waals surface area contributed by atoms with Crippen LogP contribution in [-0.4, -0.2) is 62.0 Å². The molecule has 0 aromatic heterocycles. The van der Waals surface area contributed by atoms with E-state index in [0.717, 1.165) is 4.90 Å². The second kappa shape index (κ2) is 7.31. The van der Waals surface area contributed by atoms with Gasteiger partial charge in [-0.3, -0.25) is 14.5 Å².